The molecule has 0 aliphatic carbocycles. The Hall–Kier alpha value is -1.34. The van der Waals surface area contributed by atoms with Crippen LogP contribution in [-0.2, 0) is 5.60 Å². The number of aromatic nitrogens is 2. The van der Waals surface area contributed by atoms with Crippen molar-refractivity contribution < 1.29 is 5.11 Å². The van der Waals surface area contributed by atoms with E-state index in [9.17, 15) is 5.11 Å². The molecule has 1 rings (SSSR count). The van der Waals surface area contributed by atoms with Crippen molar-refractivity contribution in [2.75, 3.05) is 0 Å². The van der Waals surface area contributed by atoms with E-state index in [-0.39, 0.29) is 0 Å². The van der Waals surface area contributed by atoms with Gasteiger partial charge < -0.3 is 5.11 Å². The van der Waals surface area contributed by atoms with Gasteiger partial charge >= 0.3 is 0 Å². The number of hydrogen-bond donors (Lipinski definition) is 2. The van der Waals surface area contributed by atoms with Crippen molar-refractivity contribution >= 4 is 0 Å². The lowest BCUT2D eigenvalue weighted by Gasteiger charge is -2.09. The van der Waals surface area contributed by atoms with Crippen LogP contribution in [0.1, 0.15) is 12.5 Å². The molecule has 1 atom stereocenters. The molecule has 0 radical (unpaired) electrons. The molecule has 0 fully saturated rings. The molecule has 1 unspecified atom stereocenters. The van der Waals surface area contributed by atoms with Crippen LogP contribution in [0.2, 0.25) is 0 Å². The summed E-state index contributed by atoms with van der Waals surface area (Å²) < 4.78 is 0. The van der Waals surface area contributed by atoms with E-state index in [0.29, 0.717) is 5.56 Å². The number of hydrogen-bond acceptors (Lipinski definition) is 3. The van der Waals surface area contributed by atoms with E-state index < -0.39 is 5.60 Å². The predicted molar refractivity (Wildman–Crippen MR) is 33.8 cm³/mol. The van der Waals surface area contributed by atoms with Crippen LogP contribution in [-0.4, -0.2) is 15.3 Å². The summed E-state index contributed by atoms with van der Waals surface area (Å²) in [6, 6.07) is 1.74. The van der Waals surface area contributed by atoms with Gasteiger partial charge in [-0.15, -0.1) is 0 Å². The van der Waals surface area contributed by atoms with Gasteiger partial charge in [0.2, 0.25) is 0 Å². The van der Waals surface area contributed by atoms with E-state index in [1.807, 2.05) is 0 Å². The molecular weight excluding hydrogens is 130 g/mol. The van der Waals surface area contributed by atoms with Gasteiger partial charge in [0.25, 0.3) is 0 Å². The van der Waals surface area contributed by atoms with Crippen molar-refractivity contribution in [3.05, 3.63) is 18.0 Å². The minimum atomic E-state index is -1.42. The van der Waals surface area contributed by atoms with Crippen molar-refractivity contribution in [1.82, 2.24) is 10.2 Å². The van der Waals surface area contributed by atoms with Crippen molar-refractivity contribution in [2.45, 2.75) is 12.5 Å². The summed E-state index contributed by atoms with van der Waals surface area (Å²) in [5, 5.41) is 23.8. The fourth-order valence-electron chi connectivity index (χ4n) is 0.582. The zero-order valence-electron chi connectivity index (χ0n) is 5.50. The highest BCUT2D eigenvalue weighted by atomic mass is 16.3. The predicted octanol–water partition coefficient (Wildman–Crippen LogP) is 0.141. The summed E-state index contributed by atoms with van der Waals surface area (Å²) in [7, 11) is 0. The molecule has 1 aromatic heterocycles. The van der Waals surface area contributed by atoms with Crippen LogP contribution >= 0.6 is 0 Å². The molecule has 4 heteroatoms. The number of H-pyrrole nitrogens is 1. The summed E-state index contributed by atoms with van der Waals surface area (Å²) in [5.74, 6) is 0. The van der Waals surface area contributed by atoms with E-state index in [1.54, 1.807) is 6.07 Å². The number of nitriles is 1. The molecule has 10 heavy (non-hydrogen) atoms. The van der Waals surface area contributed by atoms with Crippen molar-refractivity contribution in [1.29, 1.82) is 5.26 Å². The molecule has 0 aliphatic rings. The quantitative estimate of drug-likeness (QED) is 0.541. The first-order chi connectivity index (χ1) is 4.67. The number of aromatic amines is 1. The van der Waals surface area contributed by atoms with E-state index in [0.717, 1.165) is 0 Å². The summed E-state index contributed by atoms with van der Waals surface area (Å²) in [6.45, 7) is 1.41. The average Bonchev–Trinajstić information content (AvgIpc) is 2.38. The van der Waals surface area contributed by atoms with Gasteiger partial charge in [-0.25, -0.2) is 0 Å². The molecule has 52 valence electrons. The van der Waals surface area contributed by atoms with Crippen LogP contribution < -0.4 is 0 Å². The lowest BCUT2D eigenvalue weighted by atomic mass is 10.0. The Bertz CT molecular complexity index is 244. The normalized spacial score (nSPS) is 15.7. The van der Waals surface area contributed by atoms with Gasteiger partial charge in [0.05, 0.1) is 6.20 Å². The lowest BCUT2D eigenvalue weighted by molar-refractivity contribution is 0.119. The SMILES string of the molecule is CC(O)(C#N)c1cn[nH]c1. The molecule has 0 amide bonds. The maximum Gasteiger partial charge on any atom is 0.176 e. The van der Waals surface area contributed by atoms with Crippen molar-refractivity contribution in [3.63, 3.8) is 0 Å². The fraction of sp³-hybridized carbons (Fsp3) is 0.333. The van der Waals surface area contributed by atoms with Gasteiger partial charge in [0.15, 0.2) is 5.60 Å². The minimum absolute atomic E-state index is 0.481. The molecule has 0 aromatic carbocycles. The largest absolute Gasteiger partial charge is 0.372 e. The Balaban J connectivity index is 2.99. The molecule has 0 aliphatic heterocycles. The molecule has 0 saturated carbocycles. The monoisotopic (exact) mass is 137 g/mol. The summed E-state index contributed by atoms with van der Waals surface area (Å²) in [6.07, 6.45) is 2.91. The van der Waals surface area contributed by atoms with Crippen LogP contribution in [0.4, 0.5) is 0 Å². The second-order valence-corrected chi connectivity index (χ2v) is 2.17. The molecule has 2 N–H and O–H groups in total. The molecule has 0 saturated heterocycles. The second kappa shape index (κ2) is 2.12. The third-order valence-corrected chi connectivity index (χ3v) is 1.28. The van der Waals surface area contributed by atoms with Gasteiger partial charge in [-0.3, -0.25) is 5.10 Å². The van der Waals surface area contributed by atoms with Gasteiger partial charge in [0, 0.05) is 11.8 Å². The van der Waals surface area contributed by atoms with E-state index in [2.05, 4.69) is 10.2 Å². The highest BCUT2D eigenvalue weighted by molar-refractivity contribution is 5.21. The highest BCUT2D eigenvalue weighted by Crippen LogP contribution is 2.16. The Morgan fingerprint density at radius 1 is 1.90 bits per heavy atom. The van der Waals surface area contributed by atoms with Gasteiger partial charge in [-0.1, -0.05) is 0 Å². The van der Waals surface area contributed by atoms with Gasteiger partial charge in [-0.2, -0.15) is 10.4 Å². The third kappa shape index (κ3) is 0.993. The Morgan fingerprint density at radius 3 is 3.00 bits per heavy atom. The minimum Gasteiger partial charge on any atom is -0.372 e. The van der Waals surface area contributed by atoms with Crippen LogP contribution in [0.15, 0.2) is 12.4 Å². The first-order valence-corrected chi connectivity index (χ1v) is 2.80. The maximum absolute atomic E-state index is 9.26. The first kappa shape index (κ1) is 6.78. The van der Waals surface area contributed by atoms with Crippen LogP contribution in [0.25, 0.3) is 0 Å². The summed E-state index contributed by atoms with van der Waals surface area (Å²) >= 11 is 0. The average molecular weight is 137 g/mol. The van der Waals surface area contributed by atoms with Crippen molar-refractivity contribution in [3.8, 4) is 6.07 Å². The number of aliphatic hydroxyl groups is 1. The summed E-state index contributed by atoms with van der Waals surface area (Å²) in [5.41, 5.74) is -0.942. The Kier molecular flexibility index (Phi) is 1.44. The highest BCUT2D eigenvalue weighted by Gasteiger charge is 2.22. The standard InChI is InChI=1S/C6H7N3O/c1-6(10,4-7)5-2-8-9-3-5/h2-3,10H,1H3,(H,8,9). The third-order valence-electron chi connectivity index (χ3n) is 1.28. The Morgan fingerprint density at radius 2 is 2.60 bits per heavy atom. The summed E-state index contributed by atoms with van der Waals surface area (Å²) in [4.78, 5) is 0. The van der Waals surface area contributed by atoms with Crippen LogP contribution in [0, 0.1) is 11.3 Å². The van der Waals surface area contributed by atoms with E-state index >= 15 is 0 Å². The van der Waals surface area contributed by atoms with Gasteiger partial charge in [0.1, 0.15) is 6.07 Å². The smallest absolute Gasteiger partial charge is 0.176 e. The molecule has 4 nitrogen and oxygen atoms in total. The second-order valence-electron chi connectivity index (χ2n) is 2.17. The van der Waals surface area contributed by atoms with Crippen LogP contribution in [0.5, 0.6) is 0 Å². The lowest BCUT2D eigenvalue weighted by Crippen LogP contribution is -2.16. The van der Waals surface area contributed by atoms with Crippen LogP contribution in [0.3, 0.4) is 0 Å². The number of nitrogens with zero attached hydrogens (tertiary/aromatic N) is 2. The van der Waals surface area contributed by atoms with E-state index in [1.165, 1.54) is 19.3 Å². The zero-order chi connectivity index (χ0) is 7.61. The van der Waals surface area contributed by atoms with Crippen molar-refractivity contribution in [2.24, 2.45) is 0 Å². The molecular formula is C6H7N3O. The fourth-order valence-corrected chi connectivity index (χ4v) is 0.582. The first-order valence-electron chi connectivity index (χ1n) is 2.80. The molecule has 0 spiro atoms. The topological polar surface area (TPSA) is 72.7 Å². The zero-order valence-corrected chi connectivity index (χ0v) is 5.50. The van der Waals surface area contributed by atoms with Gasteiger partial charge in [-0.05, 0) is 6.92 Å². The molecule has 1 heterocycles. The number of rotatable bonds is 1. The maximum atomic E-state index is 9.26. The Labute approximate surface area is 58.1 Å². The van der Waals surface area contributed by atoms with E-state index in [4.69, 9.17) is 5.26 Å². The number of nitrogens with one attached hydrogen (secondary N) is 1. The molecule has 0 bridgehead atoms. The molecule has 1 aromatic rings.